The van der Waals surface area contributed by atoms with Gasteiger partial charge in [0.1, 0.15) is 11.3 Å². The van der Waals surface area contributed by atoms with Crippen molar-refractivity contribution in [1.82, 2.24) is 0 Å². The molecule has 0 atom stereocenters. The lowest BCUT2D eigenvalue weighted by Crippen LogP contribution is -1.91. The number of aromatic hydroxyl groups is 1. The van der Waals surface area contributed by atoms with Crippen molar-refractivity contribution in [3.63, 3.8) is 0 Å². The lowest BCUT2D eigenvalue weighted by molar-refractivity contribution is -0.385. The molecule has 0 radical (unpaired) electrons. The smallest absolute Gasteiger partial charge is 0.285 e. The summed E-state index contributed by atoms with van der Waals surface area (Å²) in [5.41, 5.74) is -0.0877. The molecule has 12 heavy (non-hydrogen) atoms. The van der Waals surface area contributed by atoms with E-state index in [1.165, 1.54) is 18.2 Å². The largest absolute Gasteiger partial charge is 0.508 e. The quantitative estimate of drug-likeness (QED) is 0.385. The van der Waals surface area contributed by atoms with Crippen LogP contribution in [0.3, 0.4) is 0 Å². The average Bonchev–Trinajstić information content (AvgIpc) is 2.03. The van der Waals surface area contributed by atoms with Gasteiger partial charge in [0.25, 0.3) is 5.69 Å². The van der Waals surface area contributed by atoms with Gasteiger partial charge in [-0.15, -0.1) is 6.42 Å². The van der Waals surface area contributed by atoms with Crippen molar-refractivity contribution in [2.45, 2.75) is 0 Å². The van der Waals surface area contributed by atoms with E-state index in [1.54, 1.807) is 0 Å². The van der Waals surface area contributed by atoms with Crippen molar-refractivity contribution < 1.29 is 10.0 Å². The Labute approximate surface area is 68.6 Å². The number of benzene rings is 1. The van der Waals surface area contributed by atoms with Gasteiger partial charge in [0.2, 0.25) is 0 Å². The van der Waals surface area contributed by atoms with Crippen molar-refractivity contribution in [3.05, 3.63) is 33.9 Å². The Hall–Kier alpha value is -2.02. The Morgan fingerprint density at radius 2 is 2.25 bits per heavy atom. The molecule has 1 N–H and O–H groups in total. The molecule has 0 amide bonds. The number of terminal acetylenes is 1. The van der Waals surface area contributed by atoms with Crippen molar-refractivity contribution >= 4 is 5.69 Å². The highest BCUT2D eigenvalue weighted by Crippen LogP contribution is 2.21. The number of rotatable bonds is 1. The van der Waals surface area contributed by atoms with Crippen LogP contribution in [0.5, 0.6) is 5.75 Å². The standard InChI is InChI=1S/C8H5NO3/c1-2-6-5-7(10)3-4-8(6)9(11)12/h1,3-5,10H. The number of nitro groups is 1. The third-order valence-electron chi connectivity index (χ3n) is 1.33. The van der Waals surface area contributed by atoms with Gasteiger partial charge in [-0.3, -0.25) is 10.1 Å². The number of phenols is 1. The van der Waals surface area contributed by atoms with Crippen LogP contribution < -0.4 is 0 Å². The normalized spacial score (nSPS) is 8.92. The number of hydrogen-bond acceptors (Lipinski definition) is 3. The zero-order chi connectivity index (χ0) is 9.14. The van der Waals surface area contributed by atoms with E-state index in [0.29, 0.717) is 0 Å². The molecular formula is C8H5NO3. The van der Waals surface area contributed by atoms with Gasteiger partial charge in [-0.25, -0.2) is 0 Å². The molecule has 1 rings (SSSR count). The van der Waals surface area contributed by atoms with Crippen LogP contribution in [0, 0.1) is 22.5 Å². The summed E-state index contributed by atoms with van der Waals surface area (Å²) in [6.45, 7) is 0. The monoisotopic (exact) mass is 163 g/mol. The van der Waals surface area contributed by atoms with Gasteiger partial charge in [0, 0.05) is 12.1 Å². The third-order valence-corrected chi connectivity index (χ3v) is 1.33. The average molecular weight is 163 g/mol. The first-order chi connectivity index (χ1) is 5.65. The molecule has 60 valence electrons. The number of hydrogen-bond donors (Lipinski definition) is 1. The fourth-order valence-corrected chi connectivity index (χ4v) is 0.799. The van der Waals surface area contributed by atoms with Crippen LogP contribution in [0.2, 0.25) is 0 Å². The van der Waals surface area contributed by atoms with Crippen LogP contribution in [-0.2, 0) is 0 Å². The minimum atomic E-state index is -0.589. The van der Waals surface area contributed by atoms with Crippen molar-refractivity contribution in [2.75, 3.05) is 0 Å². The van der Waals surface area contributed by atoms with E-state index in [-0.39, 0.29) is 17.0 Å². The Kier molecular flexibility index (Phi) is 1.97. The molecule has 0 aliphatic rings. The molecule has 0 spiro atoms. The lowest BCUT2D eigenvalue weighted by atomic mass is 10.2. The molecule has 4 nitrogen and oxygen atoms in total. The molecule has 0 bridgehead atoms. The van der Waals surface area contributed by atoms with E-state index in [1.807, 2.05) is 0 Å². The Morgan fingerprint density at radius 3 is 2.75 bits per heavy atom. The molecule has 1 aromatic carbocycles. The van der Waals surface area contributed by atoms with Gasteiger partial charge in [0.05, 0.1) is 4.92 Å². The molecule has 0 saturated carbocycles. The second kappa shape index (κ2) is 2.93. The fourth-order valence-electron chi connectivity index (χ4n) is 0.799. The summed E-state index contributed by atoms with van der Waals surface area (Å²) in [6.07, 6.45) is 4.99. The zero-order valence-electron chi connectivity index (χ0n) is 6.02. The van der Waals surface area contributed by atoms with E-state index in [9.17, 15) is 10.1 Å². The number of phenolic OH excluding ortho intramolecular Hbond substituents is 1. The summed E-state index contributed by atoms with van der Waals surface area (Å²) in [4.78, 5) is 9.73. The summed E-state index contributed by atoms with van der Waals surface area (Å²) < 4.78 is 0. The molecule has 0 heterocycles. The third kappa shape index (κ3) is 1.35. The summed E-state index contributed by atoms with van der Waals surface area (Å²) in [5, 5.41) is 19.3. The maximum atomic E-state index is 10.3. The highest BCUT2D eigenvalue weighted by atomic mass is 16.6. The maximum absolute atomic E-state index is 10.3. The molecule has 0 aromatic heterocycles. The van der Waals surface area contributed by atoms with Crippen molar-refractivity contribution in [3.8, 4) is 18.1 Å². The van der Waals surface area contributed by atoms with E-state index in [0.717, 1.165) is 0 Å². The van der Waals surface area contributed by atoms with Gasteiger partial charge in [-0.05, 0) is 6.07 Å². The molecule has 4 heteroatoms. The topological polar surface area (TPSA) is 63.4 Å². The molecule has 0 aliphatic carbocycles. The zero-order valence-corrected chi connectivity index (χ0v) is 6.02. The SMILES string of the molecule is C#Cc1cc(O)ccc1[N+](=O)[O-]. The summed E-state index contributed by atoms with van der Waals surface area (Å²) in [6, 6.07) is 3.57. The van der Waals surface area contributed by atoms with Gasteiger partial charge in [0.15, 0.2) is 0 Å². The predicted molar refractivity (Wildman–Crippen MR) is 42.7 cm³/mol. The van der Waals surface area contributed by atoms with Crippen LogP contribution in [0.15, 0.2) is 18.2 Å². The number of nitrogens with zero attached hydrogens (tertiary/aromatic N) is 1. The van der Waals surface area contributed by atoms with Crippen LogP contribution in [0.25, 0.3) is 0 Å². The van der Waals surface area contributed by atoms with E-state index in [4.69, 9.17) is 11.5 Å². The first-order valence-corrected chi connectivity index (χ1v) is 3.09. The van der Waals surface area contributed by atoms with Gasteiger partial charge >= 0.3 is 0 Å². The van der Waals surface area contributed by atoms with Gasteiger partial charge < -0.3 is 5.11 Å². The fraction of sp³-hybridized carbons (Fsp3) is 0. The summed E-state index contributed by atoms with van der Waals surface area (Å²) >= 11 is 0. The first kappa shape index (κ1) is 8.08. The summed E-state index contributed by atoms with van der Waals surface area (Å²) in [5.74, 6) is 2.04. The Morgan fingerprint density at radius 1 is 1.58 bits per heavy atom. The van der Waals surface area contributed by atoms with Crippen LogP contribution >= 0.6 is 0 Å². The molecule has 0 saturated heterocycles. The van der Waals surface area contributed by atoms with Crippen LogP contribution in [-0.4, -0.2) is 10.0 Å². The minimum Gasteiger partial charge on any atom is -0.508 e. The highest BCUT2D eigenvalue weighted by molar-refractivity contribution is 5.53. The van der Waals surface area contributed by atoms with Crippen LogP contribution in [0.1, 0.15) is 5.56 Å². The second-order valence-corrected chi connectivity index (χ2v) is 2.10. The molecular weight excluding hydrogens is 158 g/mol. The predicted octanol–water partition coefficient (Wildman–Crippen LogP) is 1.28. The van der Waals surface area contributed by atoms with E-state index in [2.05, 4.69) is 5.92 Å². The first-order valence-electron chi connectivity index (χ1n) is 3.09. The van der Waals surface area contributed by atoms with Gasteiger partial charge in [-0.1, -0.05) is 5.92 Å². The lowest BCUT2D eigenvalue weighted by Gasteiger charge is -1.95. The molecule has 0 aliphatic heterocycles. The molecule has 0 fully saturated rings. The van der Waals surface area contributed by atoms with Crippen LogP contribution in [0.4, 0.5) is 5.69 Å². The van der Waals surface area contributed by atoms with Gasteiger partial charge in [-0.2, -0.15) is 0 Å². The Balaban J connectivity index is 3.32. The van der Waals surface area contributed by atoms with Crippen molar-refractivity contribution in [2.24, 2.45) is 0 Å². The number of nitro benzene ring substituents is 1. The molecule has 0 unspecified atom stereocenters. The Bertz CT molecular complexity index is 365. The minimum absolute atomic E-state index is 0.0754. The maximum Gasteiger partial charge on any atom is 0.285 e. The second-order valence-electron chi connectivity index (χ2n) is 2.10. The van der Waals surface area contributed by atoms with E-state index < -0.39 is 4.92 Å². The van der Waals surface area contributed by atoms with E-state index >= 15 is 0 Å². The van der Waals surface area contributed by atoms with Crippen molar-refractivity contribution in [1.29, 1.82) is 0 Å². The molecule has 1 aromatic rings. The summed E-state index contributed by atoms with van der Waals surface area (Å²) in [7, 11) is 0. The highest BCUT2D eigenvalue weighted by Gasteiger charge is 2.11.